The van der Waals surface area contributed by atoms with E-state index in [2.05, 4.69) is 5.32 Å². The van der Waals surface area contributed by atoms with Gasteiger partial charge in [0.2, 0.25) is 5.91 Å². The molecule has 1 aliphatic heterocycles. The third-order valence-electron chi connectivity index (χ3n) is 2.70. The molecule has 0 aliphatic carbocycles. The second-order valence-electron chi connectivity index (χ2n) is 5.77. The Morgan fingerprint density at radius 2 is 2.05 bits per heavy atom. The Morgan fingerprint density at radius 3 is 2.52 bits per heavy atom. The normalized spacial score (nSPS) is 16.4. The Labute approximate surface area is 128 Å². The molecule has 2 N–H and O–H groups in total. The van der Waals surface area contributed by atoms with E-state index < -0.39 is 23.7 Å². The van der Waals surface area contributed by atoms with Gasteiger partial charge in [0.15, 0.2) is 0 Å². The molecule has 1 saturated heterocycles. The number of alkyl carbamates (subject to hydrolysis) is 1. The van der Waals surface area contributed by atoms with Gasteiger partial charge in [0.1, 0.15) is 11.6 Å². The lowest BCUT2D eigenvalue weighted by Crippen LogP contribution is -2.49. The van der Waals surface area contributed by atoms with Crippen molar-refractivity contribution in [3.8, 4) is 0 Å². The number of carboxylic acids is 1. The maximum atomic E-state index is 12.3. The van der Waals surface area contributed by atoms with Crippen molar-refractivity contribution in [3.63, 3.8) is 0 Å². The quantitative estimate of drug-likeness (QED) is 0.792. The zero-order valence-corrected chi connectivity index (χ0v) is 13.4. The van der Waals surface area contributed by atoms with Crippen molar-refractivity contribution in [3.05, 3.63) is 0 Å². The number of hydrogen-bond acceptors (Lipinski definition) is 5. The zero-order chi connectivity index (χ0) is 16.0. The summed E-state index contributed by atoms with van der Waals surface area (Å²) in [6.07, 6.45) is -0.847. The molecule has 21 heavy (non-hydrogen) atoms. The van der Waals surface area contributed by atoms with Crippen LogP contribution in [0.15, 0.2) is 0 Å². The lowest BCUT2D eigenvalue weighted by molar-refractivity contribution is -0.137. The van der Waals surface area contributed by atoms with Crippen LogP contribution in [-0.4, -0.2) is 57.8 Å². The van der Waals surface area contributed by atoms with Gasteiger partial charge in [-0.2, -0.15) is 0 Å². The smallest absolute Gasteiger partial charge is 0.408 e. The fraction of sp³-hybridized carbons (Fsp3) is 0.769. The molecule has 0 saturated carbocycles. The van der Waals surface area contributed by atoms with Crippen LogP contribution in [0.2, 0.25) is 0 Å². The van der Waals surface area contributed by atoms with Gasteiger partial charge in [-0.25, -0.2) is 4.79 Å². The van der Waals surface area contributed by atoms with E-state index in [0.717, 1.165) is 5.75 Å². The molecule has 0 aromatic heterocycles. The lowest BCUT2D eigenvalue weighted by Gasteiger charge is -2.25. The number of amides is 2. The summed E-state index contributed by atoms with van der Waals surface area (Å²) in [5.41, 5.74) is -0.673. The van der Waals surface area contributed by atoms with Crippen molar-refractivity contribution in [1.82, 2.24) is 10.2 Å². The molecule has 2 amide bonds. The van der Waals surface area contributed by atoms with Gasteiger partial charge in [0, 0.05) is 18.7 Å². The summed E-state index contributed by atoms with van der Waals surface area (Å²) >= 11 is 1.63. The Hall–Kier alpha value is -1.44. The minimum atomic E-state index is -1.01. The van der Waals surface area contributed by atoms with E-state index in [1.807, 2.05) is 0 Å². The highest BCUT2D eigenvalue weighted by Gasteiger charge is 2.29. The third kappa shape index (κ3) is 6.70. The Bertz CT molecular complexity index is 402. The lowest BCUT2D eigenvalue weighted by atomic mass is 10.1. The van der Waals surface area contributed by atoms with Gasteiger partial charge in [0.25, 0.3) is 0 Å². The Balaban J connectivity index is 2.64. The molecule has 1 aliphatic rings. The molecule has 7 nitrogen and oxygen atoms in total. The molecule has 1 heterocycles. The topological polar surface area (TPSA) is 95.9 Å². The molecule has 8 heteroatoms. The van der Waals surface area contributed by atoms with Gasteiger partial charge in [-0.05, 0) is 27.2 Å². The van der Waals surface area contributed by atoms with Crippen LogP contribution in [0.5, 0.6) is 0 Å². The minimum absolute atomic E-state index is 0.0502. The molecule has 1 atom stereocenters. The summed E-state index contributed by atoms with van der Waals surface area (Å²) in [6, 6.07) is -0.866. The monoisotopic (exact) mass is 318 g/mol. The van der Waals surface area contributed by atoms with Crippen LogP contribution in [0, 0.1) is 0 Å². The third-order valence-corrected chi connectivity index (χ3v) is 3.67. The van der Waals surface area contributed by atoms with Crippen LogP contribution in [0.3, 0.4) is 0 Å². The molecule has 0 radical (unpaired) electrons. The van der Waals surface area contributed by atoms with Crippen LogP contribution in [-0.2, 0) is 14.3 Å². The average Bonchev–Trinajstić information content (AvgIpc) is 2.84. The van der Waals surface area contributed by atoms with Crippen LogP contribution < -0.4 is 5.32 Å². The Kier molecular flexibility index (Phi) is 6.32. The molecule has 0 aromatic carbocycles. The second kappa shape index (κ2) is 7.53. The molecule has 0 spiro atoms. The van der Waals surface area contributed by atoms with Crippen LogP contribution in [0.1, 0.15) is 33.6 Å². The van der Waals surface area contributed by atoms with Crippen molar-refractivity contribution < 1.29 is 24.2 Å². The zero-order valence-electron chi connectivity index (χ0n) is 12.5. The van der Waals surface area contributed by atoms with Gasteiger partial charge >= 0.3 is 12.1 Å². The first-order chi connectivity index (χ1) is 9.69. The number of rotatable bonds is 5. The fourth-order valence-electron chi connectivity index (χ4n) is 1.78. The summed E-state index contributed by atoms with van der Waals surface area (Å²) in [4.78, 5) is 36.4. The second-order valence-corrected chi connectivity index (χ2v) is 6.84. The maximum Gasteiger partial charge on any atom is 0.408 e. The number of ether oxygens (including phenoxy) is 1. The van der Waals surface area contributed by atoms with Crippen molar-refractivity contribution in [2.45, 2.75) is 45.3 Å². The van der Waals surface area contributed by atoms with Crippen LogP contribution in [0.4, 0.5) is 4.79 Å². The average molecular weight is 318 g/mol. The van der Waals surface area contributed by atoms with E-state index in [9.17, 15) is 14.4 Å². The largest absolute Gasteiger partial charge is 0.481 e. The van der Waals surface area contributed by atoms with Gasteiger partial charge in [-0.1, -0.05) is 0 Å². The number of thioether (sulfide) groups is 1. The van der Waals surface area contributed by atoms with Gasteiger partial charge in [0.05, 0.1) is 5.88 Å². The number of carbonyl (C=O) groups excluding carboxylic acids is 2. The summed E-state index contributed by atoms with van der Waals surface area (Å²) in [6.45, 7) is 5.77. The van der Waals surface area contributed by atoms with E-state index in [1.165, 1.54) is 0 Å². The van der Waals surface area contributed by atoms with Crippen molar-refractivity contribution in [2.24, 2.45) is 0 Å². The molecular weight excluding hydrogens is 296 g/mol. The number of nitrogens with one attached hydrogen (secondary N) is 1. The van der Waals surface area contributed by atoms with E-state index in [1.54, 1.807) is 37.4 Å². The van der Waals surface area contributed by atoms with E-state index in [-0.39, 0.29) is 18.7 Å². The van der Waals surface area contributed by atoms with Crippen LogP contribution in [0.25, 0.3) is 0 Å². The maximum absolute atomic E-state index is 12.3. The molecule has 0 aromatic rings. The SMILES string of the molecule is CC(C)(C)OC(=O)N[C@@H](CCC(=O)O)C(=O)N1CCSC1. The Morgan fingerprint density at radius 1 is 1.38 bits per heavy atom. The summed E-state index contributed by atoms with van der Waals surface area (Å²) in [5.74, 6) is 0.157. The number of carbonyl (C=O) groups is 3. The van der Waals surface area contributed by atoms with E-state index in [4.69, 9.17) is 9.84 Å². The minimum Gasteiger partial charge on any atom is -0.481 e. The highest BCUT2D eigenvalue weighted by atomic mass is 32.2. The predicted molar refractivity (Wildman–Crippen MR) is 79.1 cm³/mol. The molecule has 1 fully saturated rings. The highest BCUT2D eigenvalue weighted by Crippen LogP contribution is 2.16. The first kappa shape index (κ1) is 17.6. The van der Waals surface area contributed by atoms with E-state index in [0.29, 0.717) is 12.4 Å². The van der Waals surface area contributed by atoms with Crippen molar-refractivity contribution in [2.75, 3.05) is 18.2 Å². The van der Waals surface area contributed by atoms with Gasteiger partial charge in [-0.15, -0.1) is 11.8 Å². The first-order valence-corrected chi connectivity index (χ1v) is 7.92. The molecule has 0 bridgehead atoms. The first-order valence-electron chi connectivity index (χ1n) is 6.77. The highest BCUT2D eigenvalue weighted by molar-refractivity contribution is 7.99. The summed E-state index contributed by atoms with van der Waals surface area (Å²) in [5, 5.41) is 11.2. The molecule has 1 rings (SSSR count). The van der Waals surface area contributed by atoms with Crippen molar-refractivity contribution >= 4 is 29.7 Å². The summed E-state index contributed by atoms with van der Waals surface area (Å²) in [7, 11) is 0. The van der Waals surface area contributed by atoms with E-state index >= 15 is 0 Å². The number of hydrogen-bond donors (Lipinski definition) is 2. The van der Waals surface area contributed by atoms with Gasteiger partial charge in [-0.3, -0.25) is 9.59 Å². The standard InChI is InChI=1S/C13H22N2O5S/c1-13(2,3)20-12(19)14-9(4-5-10(16)17)11(18)15-6-7-21-8-15/h9H,4-8H2,1-3H3,(H,14,19)(H,16,17)/t9-/m0/s1. The van der Waals surface area contributed by atoms with Crippen molar-refractivity contribution in [1.29, 1.82) is 0 Å². The number of aliphatic carboxylic acids is 1. The molecule has 120 valence electrons. The number of nitrogens with zero attached hydrogens (tertiary/aromatic N) is 1. The number of carboxylic acid groups (broad SMARTS) is 1. The molecular formula is C13H22N2O5S. The fourth-order valence-corrected chi connectivity index (χ4v) is 2.74. The van der Waals surface area contributed by atoms with Crippen LogP contribution >= 0.6 is 11.8 Å². The summed E-state index contributed by atoms with van der Waals surface area (Å²) < 4.78 is 5.11. The molecule has 0 unspecified atom stereocenters. The van der Waals surface area contributed by atoms with Gasteiger partial charge < -0.3 is 20.1 Å². The predicted octanol–water partition coefficient (Wildman–Crippen LogP) is 1.28.